The van der Waals surface area contributed by atoms with Crippen LogP contribution in [0.4, 0.5) is 0 Å². The second kappa shape index (κ2) is 10.5. The van der Waals surface area contributed by atoms with Crippen LogP contribution in [0.2, 0.25) is 0 Å². The zero-order valence-electron chi connectivity index (χ0n) is 18.8. The van der Waals surface area contributed by atoms with E-state index in [0.717, 1.165) is 46.4 Å². The summed E-state index contributed by atoms with van der Waals surface area (Å²) in [6.07, 6.45) is 8.35. The Bertz CT molecular complexity index is 1220. The quantitative estimate of drug-likeness (QED) is 0.623. The van der Waals surface area contributed by atoms with E-state index in [-0.39, 0.29) is 5.78 Å². The van der Waals surface area contributed by atoms with Crippen LogP contribution in [0.15, 0.2) is 72.5 Å². The Morgan fingerprint density at radius 1 is 1.03 bits per heavy atom. The maximum Gasteiger partial charge on any atom is 0.333 e. The summed E-state index contributed by atoms with van der Waals surface area (Å²) in [5.41, 5.74) is 5.50. The molecular weight excluding hydrogens is 414 g/mol. The van der Waals surface area contributed by atoms with Crippen LogP contribution in [0.1, 0.15) is 37.3 Å². The number of fused-ring (bicyclic) bond motifs is 2. The average Bonchev–Trinajstić information content (AvgIpc) is 2.97. The minimum absolute atomic E-state index is 0.139. The normalized spacial score (nSPS) is 15.8. The van der Waals surface area contributed by atoms with E-state index in [0.29, 0.717) is 19.4 Å². The van der Waals surface area contributed by atoms with Gasteiger partial charge in [0.15, 0.2) is 11.9 Å². The smallest absolute Gasteiger partial charge is 0.333 e. The maximum atomic E-state index is 12.0. The molecule has 1 atom stereocenters. The van der Waals surface area contributed by atoms with Crippen molar-refractivity contribution in [2.75, 3.05) is 6.61 Å². The van der Waals surface area contributed by atoms with Crippen molar-refractivity contribution >= 4 is 23.0 Å². The molecule has 0 bridgehead atoms. The van der Waals surface area contributed by atoms with Crippen molar-refractivity contribution in [1.82, 2.24) is 5.32 Å². The predicted octanol–water partition coefficient (Wildman–Crippen LogP) is 3.02. The zero-order valence-corrected chi connectivity index (χ0v) is 18.8. The third-order valence-corrected chi connectivity index (χ3v) is 6.11. The van der Waals surface area contributed by atoms with E-state index in [1.54, 1.807) is 13.0 Å². The van der Waals surface area contributed by atoms with Crippen LogP contribution < -0.4 is 15.8 Å². The van der Waals surface area contributed by atoms with Crippen LogP contribution >= 0.6 is 0 Å². The molecule has 1 heterocycles. The molecule has 5 heteroatoms. The van der Waals surface area contributed by atoms with E-state index < -0.39 is 12.1 Å². The predicted molar refractivity (Wildman–Crippen MR) is 129 cm³/mol. The Kier molecular flexibility index (Phi) is 7.20. The highest BCUT2D eigenvalue weighted by Gasteiger charge is 2.18. The molecule has 0 radical (unpaired) electrons. The number of nitrogens with one attached hydrogen (secondary N) is 1. The second-order valence-electron chi connectivity index (χ2n) is 8.38. The first kappa shape index (κ1) is 22.7. The number of benzene rings is 2. The highest BCUT2D eigenvalue weighted by atomic mass is 16.5. The van der Waals surface area contributed by atoms with Crippen LogP contribution in [-0.4, -0.2) is 29.6 Å². The lowest BCUT2D eigenvalue weighted by Crippen LogP contribution is -2.31. The number of allylic oxidation sites excluding steroid dienone is 3. The largest absolute Gasteiger partial charge is 0.479 e. The second-order valence-corrected chi connectivity index (χ2v) is 8.38. The summed E-state index contributed by atoms with van der Waals surface area (Å²) in [5, 5.41) is 15.1. The number of carboxylic acid groups (broad SMARTS) is 1. The van der Waals surface area contributed by atoms with Crippen molar-refractivity contribution in [3.63, 3.8) is 0 Å². The van der Waals surface area contributed by atoms with Gasteiger partial charge in [-0.2, -0.15) is 0 Å². The Morgan fingerprint density at radius 3 is 2.48 bits per heavy atom. The van der Waals surface area contributed by atoms with Crippen LogP contribution in [0.3, 0.4) is 0 Å². The van der Waals surface area contributed by atoms with Gasteiger partial charge in [0.2, 0.25) is 0 Å². The summed E-state index contributed by atoms with van der Waals surface area (Å²) in [6.45, 7) is 2.19. The van der Waals surface area contributed by atoms with Crippen molar-refractivity contribution in [2.45, 2.75) is 45.1 Å². The highest BCUT2D eigenvalue weighted by molar-refractivity contribution is 6.02. The lowest BCUT2D eigenvalue weighted by molar-refractivity contribution is -0.149. The molecule has 0 spiro atoms. The van der Waals surface area contributed by atoms with Crippen LogP contribution in [0.25, 0.3) is 11.3 Å². The molecule has 2 N–H and O–H groups in total. The molecule has 1 aliphatic carbocycles. The number of carbonyl (C=O) groups excluding carboxylic acids is 1. The standard InChI is InChI=1S/C28H29NO4/c1-2-33-27(28(31)32)16-20-12-10-19(11-13-20)6-5-9-26-24-8-4-3-7-23(24)25-17-22(30)15-14-21(25)18-29-26/h3-4,7-8,10-15,18,27,29H,2,5-6,9,16-17H2,1H3,(H,31,32). The first-order valence-corrected chi connectivity index (χ1v) is 11.5. The Morgan fingerprint density at radius 2 is 1.76 bits per heavy atom. The van der Waals surface area contributed by atoms with Crippen molar-refractivity contribution in [3.05, 3.63) is 94.0 Å². The highest BCUT2D eigenvalue weighted by Crippen LogP contribution is 2.22. The third-order valence-electron chi connectivity index (χ3n) is 6.11. The summed E-state index contributed by atoms with van der Waals surface area (Å²) in [6, 6.07) is 16.4. The number of aryl methyl sites for hydroxylation is 1. The molecule has 0 saturated carbocycles. The first-order chi connectivity index (χ1) is 16.0. The van der Waals surface area contributed by atoms with Crippen LogP contribution in [0, 0.1) is 0 Å². The molecule has 1 unspecified atom stereocenters. The van der Waals surface area contributed by atoms with Gasteiger partial charge in [0.05, 0.1) is 0 Å². The van der Waals surface area contributed by atoms with Crippen molar-refractivity contribution in [1.29, 1.82) is 0 Å². The number of hydrogen-bond donors (Lipinski definition) is 2. The topological polar surface area (TPSA) is 75.6 Å². The molecule has 0 aromatic heterocycles. The number of ether oxygens (including phenoxy) is 1. The number of rotatable bonds is 9. The number of hydrogen-bond acceptors (Lipinski definition) is 4. The fourth-order valence-corrected chi connectivity index (χ4v) is 4.41. The molecule has 2 aliphatic rings. The molecular formula is C28H29NO4. The first-order valence-electron chi connectivity index (χ1n) is 11.5. The van der Waals surface area contributed by atoms with E-state index in [9.17, 15) is 14.7 Å². The molecule has 5 nitrogen and oxygen atoms in total. The minimum atomic E-state index is -0.929. The van der Waals surface area contributed by atoms with Gasteiger partial charge in [-0.05, 0) is 65.8 Å². The van der Waals surface area contributed by atoms with Gasteiger partial charge in [-0.25, -0.2) is 4.79 Å². The van der Waals surface area contributed by atoms with Crippen molar-refractivity contribution < 1.29 is 19.4 Å². The molecule has 0 amide bonds. The fraction of sp³-hybridized carbons (Fsp3) is 0.286. The maximum absolute atomic E-state index is 12.0. The Hall–Kier alpha value is -3.44. The summed E-state index contributed by atoms with van der Waals surface area (Å²) in [5.74, 6) is -0.790. The molecule has 1 aliphatic heterocycles. The molecule has 2 aromatic rings. The molecule has 0 saturated heterocycles. The molecule has 0 fully saturated rings. The number of carboxylic acids is 1. The van der Waals surface area contributed by atoms with Gasteiger partial charge in [-0.1, -0.05) is 48.5 Å². The lowest BCUT2D eigenvalue weighted by Gasteiger charge is -2.13. The zero-order chi connectivity index (χ0) is 23.2. The van der Waals surface area contributed by atoms with Gasteiger partial charge in [0, 0.05) is 36.6 Å². The fourth-order valence-electron chi connectivity index (χ4n) is 4.41. The average molecular weight is 444 g/mol. The Labute approximate surface area is 193 Å². The van der Waals surface area contributed by atoms with Gasteiger partial charge < -0.3 is 15.2 Å². The van der Waals surface area contributed by atoms with E-state index in [2.05, 4.69) is 29.6 Å². The minimum Gasteiger partial charge on any atom is -0.479 e. The third kappa shape index (κ3) is 5.49. The molecule has 2 aromatic carbocycles. The monoisotopic (exact) mass is 443 g/mol. The van der Waals surface area contributed by atoms with Gasteiger partial charge in [0.1, 0.15) is 0 Å². The molecule has 170 valence electrons. The lowest BCUT2D eigenvalue weighted by atomic mass is 9.93. The number of carbonyl (C=O) groups is 2. The van der Waals surface area contributed by atoms with Gasteiger partial charge in [-0.3, -0.25) is 4.79 Å². The van der Waals surface area contributed by atoms with Gasteiger partial charge >= 0.3 is 5.97 Å². The summed E-state index contributed by atoms with van der Waals surface area (Å²) in [7, 11) is 0. The summed E-state index contributed by atoms with van der Waals surface area (Å²) >= 11 is 0. The van der Waals surface area contributed by atoms with Crippen molar-refractivity contribution in [3.8, 4) is 0 Å². The van der Waals surface area contributed by atoms with Crippen LogP contribution in [-0.2, 0) is 27.2 Å². The number of ketones is 1. The Balaban J connectivity index is 1.45. The van der Waals surface area contributed by atoms with Gasteiger partial charge in [-0.15, -0.1) is 0 Å². The van der Waals surface area contributed by atoms with E-state index in [4.69, 9.17) is 4.74 Å². The van der Waals surface area contributed by atoms with E-state index in [1.165, 1.54) is 11.3 Å². The SMILES string of the molecule is CCOC(Cc1ccc(CCCC2=c3ccccc3=C3CC(=O)C=CC3=CN2)cc1)C(=O)O. The summed E-state index contributed by atoms with van der Waals surface area (Å²) in [4.78, 5) is 23.3. The van der Waals surface area contributed by atoms with Gasteiger partial charge in [0.25, 0.3) is 0 Å². The van der Waals surface area contributed by atoms with Crippen molar-refractivity contribution in [2.24, 2.45) is 0 Å². The molecule has 4 rings (SSSR count). The van der Waals surface area contributed by atoms with E-state index >= 15 is 0 Å². The van der Waals surface area contributed by atoms with Crippen LogP contribution in [0.5, 0.6) is 0 Å². The number of aliphatic carboxylic acids is 1. The molecule has 33 heavy (non-hydrogen) atoms. The van der Waals surface area contributed by atoms with E-state index in [1.807, 2.05) is 36.5 Å². The summed E-state index contributed by atoms with van der Waals surface area (Å²) < 4.78 is 5.31.